The van der Waals surface area contributed by atoms with E-state index in [0.29, 0.717) is 0 Å². The number of rotatable bonds is 24. The highest BCUT2D eigenvalue weighted by atomic mass is 16.5. The van der Waals surface area contributed by atoms with Gasteiger partial charge in [0, 0.05) is 61.3 Å². The second-order valence-corrected chi connectivity index (χ2v) is 13.2. The van der Waals surface area contributed by atoms with Crippen molar-refractivity contribution in [2.24, 2.45) is 23.3 Å². The lowest BCUT2D eigenvalue weighted by Gasteiger charge is -2.25. The molecule has 2 aromatic carbocycles. The van der Waals surface area contributed by atoms with Gasteiger partial charge in [-0.05, 0) is 56.2 Å². The number of nitrogens with two attached hydrogens (primary N) is 2. The van der Waals surface area contributed by atoms with Gasteiger partial charge in [-0.25, -0.2) is 0 Å². The normalized spacial score (nSPS) is 13.8. The van der Waals surface area contributed by atoms with Crippen molar-refractivity contribution >= 4 is 52.2 Å². The molecule has 54 heavy (non-hydrogen) atoms. The SMILES string of the molecule is CC(NO)C(=O)C[C@H](Cc1ccccc1)C(=O)NC(CCCNC(=N)N)C(=O)N[C@@H](Cc1c[nH]c2ccccc12)C(=O)NCCC(CCC(=O)O)C(N)=O. The van der Waals surface area contributed by atoms with Gasteiger partial charge in [-0.2, -0.15) is 5.48 Å². The van der Waals surface area contributed by atoms with E-state index in [-0.39, 0.29) is 70.4 Å². The number of nitrogens with one attached hydrogen (secondary N) is 7. The third kappa shape index (κ3) is 14.0. The van der Waals surface area contributed by atoms with Crippen molar-refractivity contribution in [3.63, 3.8) is 0 Å². The smallest absolute Gasteiger partial charge is 0.303 e. The molecule has 17 heteroatoms. The van der Waals surface area contributed by atoms with E-state index in [0.717, 1.165) is 22.0 Å². The zero-order valence-corrected chi connectivity index (χ0v) is 30.2. The summed E-state index contributed by atoms with van der Waals surface area (Å²) in [6.45, 7) is 1.64. The highest BCUT2D eigenvalue weighted by molar-refractivity contribution is 5.95. The summed E-state index contributed by atoms with van der Waals surface area (Å²) < 4.78 is 0. The Kier molecular flexibility index (Phi) is 17.1. The van der Waals surface area contributed by atoms with Crippen molar-refractivity contribution in [1.82, 2.24) is 31.7 Å². The molecule has 3 aromatic rings. The molecule has 0 radical (unpaired) electrons. The number of aliphatic carboxylic acids is 1. The number of para-hydroxylation sites is 1. The maximum absolute atomic E-state index is 14.1. The number of hydroxylamine groups is 1. The summed E-state index contributed by atoms with van der Waals surface area (Å²) in [5.74, 6) is -6.03. The second kappa shape index (κ2) is 21.7. The molecule has 5 atom stereocenters. The number of hydrogen-bond acceptors (Lipinski definition) is 9. The van der Waals surface area contributed by atoms with Crippen LogP contribution in [0.1, 0.15) is 56.6 Å². The van der Waals surface area contributed by atoms with E-state index in [2.05, 4.69) is 26.3 Å². The Hall–Kier alpha value is -5.81. The lowest BCUT2D eigenvalue weighted by Crippen LogP contribution is -2.55. The number of Topliss-reactive ketones (excluding diaryl/α,β-unsaturated/α-hetero) is 1. The minimum absolute atomic E-state index is 0.00218. The van der Waals surface area contributed by atoms with Gasteiger partial charge in [0.1, 0.15) is 12.1 Å². The number of carboxylic acids is 1. The van der Waals surface area contributed by atoms with Crippen LogP contribution in [0.4, 0.5) is 0 Å². The lowest BCUT2D eigenvalue weighted by atomic mass is 9.91. The van der Waals surface area contributed by atoms with Crippen LogP contribution in [-0.2, 0) is 41.6 Å². The first-order valence-electron chi connectivity index (χ1n) is 17.8. The molecule has 4 amide bonds. The predicted octanol–water partition coefficient (Wildman–Crippen LogP) is 0.601. The molecule has 292 valence electrons. The molecule has 0 aliphatic heterocycles. The van der Waals surface area contributed by atoms with Crippen LogP contribution >= 0.6 is 0 Å². The molecule has 1 heterocycles. The molecule has 0 saturated carbocycles. The molecule has 3 rings (SSSR count). The van der Waals surface area contributed by atoms with Gasteiger partial charge < -0.3 is 48.0 Å². The van der Waals surface area contributed by atoms with E-state index in [9.17, 15) is 34.0 Å². The van der Waals surface area contributed by atoms with Gasteiger partial charge >= 0.3 is 5.97 Å². The zero-order valence-electron chi connectivity index (χ0n) is 30.2. The van der Waals surface area contributed by atoms with Crippen LogP contribution < -0.4 is 38.2 Å². The molecule has 0 aliphatic rings. The van der Waals surface area contributed by atoms with Crippen LogP contribution in [0.15, 0.2) is 60.8 Å². The van der Waals surface area contributed by atoms with Gasteiger partial charge in [0.05, 0.1) is 6.04 Å². The van der Waals surface area contributed by atoms with Gasteiger partial charge in [0.15, 0.2) is 11.7 Å². The number of ketones is 1. The summed E-state index contributed by atoms with van der Waals surface area (Å²) in [5.41, 5.74) is 15.1. The van der Waals surface area contributed by atoms with Crippen LogP contribution in [-0.4, -0.2) is 87.9 Å². The van der Waals surface area contributed by atoms with Gasteiger partial charge in [-0.3, -0.25) is 34.2 Å². The number of benzene rings is 2. The topological polar surface area (TPSA) is 295 Å². The fourth-order valence-electron chi connectivity index (χ4n) is 5.96. The zero-order chi connectivity index (χ0) is 39.6. The summed E-state index contributed by atoms with van der Waals surface area (Å²) in [6.07, 6.45) is 1.88. The van der Waals surface area contributed by atoms with E-state index in [1.165, 1.54) is 6.92 Å². The Bertz CT molecular complexity index is 1750. The third-order valence-corrected chi connectivity index (χ3v) is 9.07. The van der Waals surface area contributed by atoms with Crippen molar-refractivity contribution in [3.8, 4) is 0 Å². The number of aromatic nitrogens is 1. The highest BCUT2D eigenvalue weighted by Gasteiger charge is 2.31. The Morgan fingerprint density at radius 2 is 1.48 bits per heavy atom. The van der Waals surface area contributed by atoms with Gasteiger partial charge in [0.2, 0.25) is 23.6 Å². The van der Waals surface area contributed by atoms with Crippen molar-refractivity contribution in [3.05, 3.63) is 71.9 Å². The number of carbonyl (C=O) groups is 6. The first-order valence-corrected chi connectivity index (χ1v) is 17.8. The predicted molar refractivity (Wildman–Crippen MR) is 200 cm³/mol. The molecule has 13 N–H and O–H groups in total. The van der Waals surface area contributed by atoms with Crippen LogP contribution in [0.2, 0.25) is 0 Å². The summed E-state index contributed by atoms with van der Waals surface area (Å²) in [5, 5.41) is 37.6. The fraction of sp³-hybridized carbons (Fsp3) is 0.432. The second-order valence-electron chi connectivity index (χ2n) is 13.2. The molecule has 0 bridgehead atoms. The van der Waals surface area contributed by atoms with Gasteiger partial charge in [-0.15, -0.1) is 0 Å². The largest absolute Gasteiger partial charge is 0.481 e. The van der Waals surface area contributed by atoms with E-state index >= 15 is 0 Å². The van der Waals surface area contributed by atoms with E-state index in [4.69, 9.17) is 22.0 Å². The standard InChI is InChI=1S/C37H51N9O8/c1-22(46-54)31(47)20-25(18-23-8-3-2-4-9-23)34(51)44-29(12-7-16-42-37(39)40)36(53)45-30(19-26-21-43-28-11-6-5-10-27(26)28)35(52)41-17-15-24(33(38)50)13-14-32(48)49/h2-6,8-11,21-22,24-25,29-30,43,46,54H,7,12-20H2,1H3,(H2,38,50)(H,41,52)(H,44,51)(H,45,53)(H,48,49)(H4,39,40,42)/t22?,24?,25-,29?,30-/m0/s1. The summed E-state index contributed by atoms with van der Waals surface area (Å²) in [6, 6.07) is 13.2. The molecule has 0 spiro atoms. The maximum atomic E-state index is 14.1. The van der Waals surface area contributed by atoms with E-state index < -0.39 is 65.3 Å². The number of fused-ring (bicyclic) bond motifs is 1. The summed E-state index contributed by atoms with van der Waals surface area (Å²) in [7, 11) is 0. The number of carboxylic acid groups (broad SMARTS) is 1. The number of H-pyrrole nitrogens is 1. The summed E-state index contributed by atoms with van der Waals surface area (Å²) in [4.78, 5) is 80.6. The average Bonchev–Trinajstić information content (AvgIpc) is 3.55. The Balaban J connectivity index is 1.87. The molecule has 0 fully saturated rings. The molecular weight excluding hydrogens is 698 g/mol. The van der Waals surface area contributed by atoms with Crippen molar-refractivity contribution in [2.75, 3.05) is 13.1 Å². The Morgan fingerprint density at radius 1 is 0.796 bits per heavy atom. The van der Waals surface area contributed by atoms with E-state index in [1.807, 2.05) is 47.9 Å². The number of carbonyl (C=O) groups excluding carboxylic acids is 5. The average molecular weight is 750 g/mol. The first kappa shape index (κ1) is 42.6. The molecular formula is C37H51N9O8. The number of primary amides is 1. The van der Waals surface area contributed by atoms with Crippen LogP contribution in [0.3, 0.4) is 0 Å². The minimum atomic E-state index is -1.18. The number of aromatic amines is 1. The monoisotopic (exact) mass is 749 g/mol. The highest BCUT2D eigenvalue weighted by Crippen LogP contribution is 2.20. The van der Waals surface area contributed by atoms with Crippen LogP contribution in [0.25, 0.3) is 10.9 Å². The van der Waals surface area contributed by atoms with Gasteiger partial charge in [0.25, 0.3) is 0 Å². The van der Waals surface area contributed by atoms with Crippen LogP contribution in [0, 0.1) is 17.2 Å². The fourth-order valence-corrected chi connectivity index (χ4v) is 5.96. The van der Waals surface area contributed by atoms with Gasteiger partial charge in [-0.1, -0.05) is 48.5 Å². The number of guanidine groups is 1. The molecule has 17 nitrogen and oxygen atoms in total. The van der Waals surface area contributed by atoms with Crippen molar-refractivity contribution < 1.29 is 39.1 Å². The van der Waals surface area contributed by atoms with Crippen LogP contribution in [0.5, 0.6) is 0 Å². The number of hydrogen-bond donors (Lipinski definition) is 11. The van der Waals surface area contributed by atoms with Crippen molar-refractivity contribution in [1.29, 1.82) is 5.41 Å². The maximum Gasteiger partial charge on any atom is 0.303 e. The number of amides is 4. The third-order valence-electron chi connectivity index (χ3n) is 9.07. The van der Waals surface area contributed by atoms with Crippen molar-refractivity contribution in [2.45, 2.75) is 76.4 Å². The first-order chi connectivity index (χ1) is 25.8. The molecule has 1 aromatic heterocycles. The van der Waals surface area contributed by atoms with E-state index in [1.54, 1.807) is 18.3 Å². The quantitative estimate of drug-likeness (QED) is 0.0261. The molecule has 3 unspecified atom stereocenters. The Labute approximate surface area is 312 Å². The molecule has 0 saturated heterocycles. The summed E-state index contributed by atoms with van der Waals surface area (Å²) >= 11 is 0. The molecule has 0 aliphatic carbocycles. The minimum Gasteiger partial charge on any atom is -0.481 e. The Morgan fingerprint density at radius 3 is 2.15 bits per heavy atom. The lowest BCUT2D eigenvalue weighted by molar-refractivity contribution is -0.137.